The van der Waals surface area contributed by atoms with E-state index in [0.29, 0.717) is 34.1 Å². The largest absolute Gasteiger partial charge is 0.503 e. The van der Waals surface area contributed by atoms with Gasteiger partial charge in [-0.25, -0.2) is 4.98 Å². The molecule has 9 heteroatoms. The minimum atomic E-state index is -0.988. The molecule has 0 bridgehead atoms. The summed E-state index contributed by atoms with van der Waals surface area (Å²) in [6, 6.07) is 14.8. The number of aliphatic hydroxyl groups is 1. The fraction of sp³-hybridized carbons (Fsp3) is 0.241. The summed E-state index contributed by atoms with van der Waals surface area (Å²) >= 11 is 1.05. The Kier molecular flexibility index (Phi) is 6.86. The number of carbonyl (C=O) groups excluding carboxylic acids is 3. The first kappa shape index (κ1) is 25.4. The van der Waals surface area contributed by atoms with Crippen molar-refractivity contribution in [1.82, 2.24) is 4.98 Å². The molecule has 1 aliphatic rings. The van der Waals surface area contributed by atoms with E-state index in [1.165, 1.54) is 11.8 Å². The third-order valence-electron chi connectivity index (χ3n) is 6.38. The van der Waals surface area contributed by atoms with Crippen LogP contribution in [-0.4, -0.2) is 34.2 Å². The van der Waals surface area contributed by atoms with Crippen LogP contribution in [0.1, 0.15) is 64.2 Å². The number of fused-ring (bicyclic) bond motifs is 1. The molecule has 1 aliphatic heterocycles. The second kappa shape index (κ2) is 10.3. The fourth-order valence-electron chi connectivity index (χ4n) is 4.47. The Balaban J connectivity index is 1.59. The molecule has 0 saturated heterocycles. The van der Waals surface area contributed by atoms with Crippen LogP contribution in [0, 0.1) is 6.92 Å². The Morgan fingerprint density at radius 3 is 2.55 bits per heavy atom. The summed E-state index contributed by atoms with van der Waals surface area (Å²) in [5.41, 5.74) is 1.44. The highest BCUT2D eigenvalue weighted by Gasteiger charge is 2.46. The number of aryl methyl sites for hydroxylation is 1. The molecule has 2 aromatic carbocycles. The zero-order valence-corrected chi connectivity index (χ0v) is 22.0. The summed E-state index contributed by atoms with van der Waals surface area (Å²) in [5, 5.41) is 12.0. The summed E-state index contributed by atoms with van der Waals surface area (Å²) in [5.74, 6) is -1.59. The molecule has 5 rings (SSSR count). The maximum Gasteiger partial charge on any atom is 0.296 e. The number of nitrogens with zero attached hydrogens (tertiary/aromatic N) is 2. The zero-order valence-electron chi connectivity index (χ0n) is 21.2. The molecule has 0 aliphatic carbocycles. The number of benzene rings is 2. The van der Waals surface area contributed by atoms with E-state index in [0.717, 1.165) is 29.6 Å². The smallest absolute Gasteiger partial charge is 0.296 e. The topological polar surface area (TPSA) is 110 Å². The second-order valence-electron chi connectivity index (χ2n) is 9.06. The van der Waals surface area contributed by atoms with E-state index in [-0.39, 0.29) is 22.2 Å². The molecule has 0 fully saturated rings. The van der Waals surface area contributed by atoms with Gasteiger partial charge in [0.2, 0.25) is 5.78 Å². The number of unbranched alkanes of at least 4 members (excludes halogenated alkanes) is 1. The SMILES string of the molecule is CCCCOc1ccc(C2C(C(=O)c3cc4ccccc4o3)=C(O)C(=O)N2c2nc(C)c(C(C)=O)s2)cc1. The van der Waals surface area contributed by atoms with Crippen LogP contribution in [0.4, 0.5) is 5.13 Å². The first-order chi connectivity index (χ1) is 18.3. The van der Waals surface area contributed by atoms with Crippen molar-refractivity contribution in [3.63, 3.8) is 0 Å². The van der Waals surface area contributed by atoms with Crippen molar-refractivity contribution >= 4 is 44.9 Å². The monoisotopic (exact) mass is 530 g/mol. The van der Waals surface area contributed by atoms with Gasteiger partial charge in [-0.1, -0.05) is 55.0 Å². The number of amides is 1. The van der Waals surface area contributed by atoms with Gasteiger partial charge in [-0.2, -0.15) is 0 Å². The molecule has 4 aromatic rings. The van der Waals surface area contributed by atoms with Crippen LogP contribution in [0.25, 0.3) is 11.0 Å². The maximum atomic E-state index is 13.8. The minimum Gasteiger partial charge on any atom is -0.503 e. The number of ether oxygens (including phenoxy) is 1. The minimum absolute atomic E-state index is 0.00617. The highest BCUT2D eigenvalue weighted by atomic mass is 32.1. The van der Waals surface area contributed by atoms with Crippen LogP contribution in [0.3, 0.4) is 0 Å². The van der Waals surface area contributed by atoms with Gasteiger partial charge in [0, 0.05) is 12.3 Å². The lowest BCUT2D eigenvalue weighted by Crippen LogP contribution is -2.31. The first-order valence-corrected chi connectivity index (χ1v) is 13.1. The van der Waals surface area contributed by atoms with Gasteiger partial charge in [-0.05, 0) is 43.2 Å². The zero-order chi connectivity index (χ0) is 27.0. The van der Waals surface area contributed by atoms with E-state index in [1.807, 2.05) is 12.1 Å². The van der Waals surface area contributed by atoms with Crippen LogP contribution in [0.5, 0.6) is 5.75 Å². The molecule has 8 nitrogen and oxygen atoms in total. The normalized spacial score (nSPS) is 15.5. The van der Waals surface area contributed by atoms with Crippen molar-refractivity contribution < 1.29 is 28.6 Å². The Morgan fingerprint density at radius 1 is 1.16 bits per heavy atom. The molecule has 0 saturated carbocycles. The summed E-state index contributed by atoms with van der Waals surface area (Å²) in [7, 11) is 0. The highest BCUT2D eigenvalue weighted by Crippen LogP contribution is 2.44. The number of para-hydroxylation sites is 1. The Bertz CT molecular complexity index is 1550. The number of furan rings is 1. The number of carbonyl (C=O) groups is 3. The molecule has 0 spiro atoms. The molecule has 3 heterocycles. The number of thiazole rings is 1. The van der Waals surface area contributed by atoms with Crippen molar-refractivity contribution in [2.24, 2.45) is 0 Å². The lowest BCUT2D eigenvalue weighted by atomic mass is 9.95. The van der Waals surface area contributed by atoms with E-state index >= 15 is 0 Å². The molecule has 1 N–H and O–H groups in total. The predicted molar refractivity (Wildman–Crippen MR) is 144 cm³/mol. The number of aliphatic hydroxyl groups excluding tert-OH is 1. The summed E-state index contributed by atoms with van der Waals surface area (Å²) in [6.07, 6.45) is 1.92. The summed E-state index contributed by atoms with van der Waals surface area (Å²) < 4.78 is 11.5. The third kappa shape index (κ3) is 4.50. The Hall–Kier alpha value is -4.24. The number of aromatic nitrogens is 1. The standard InChI is InChI=1S/C29H26N2O6S/c1-4-5-14-36-20-12-10-18(11-13-20)24-23(25(33)22-15-19-8-6-7-9-21(19)37-22)26(34)28(35)31(24)29-30-16(2)27(38-29)17(3)32/h6-13,15,24,34H,4-5,14H2,1-3H3. The number of anilines is 1. The van der Waals surface area contributed by atoms with Gasteiger partial charge in [0.05, 0.1) is 28.8 Å². The van der Waals surface area contributed by atoms with Gasteiger partial charge in [0.15, 0.2) is 22.4 Å². The number of Topliss-reactive ketones (excluding diaryl/α,β-unsaturated/α-hetero) is 2. The molecular formula is C29H26N2O6S. The molecule has 0 radical (unpaired) electrons. The maximum absolute atomic E-state index is 13.8. The van der Waals surface area contributed by atoms with Crippen molar-refractivity contribution in [2.75, 3.05) is 11.5 Å². The molecule has 2 aromatic heterocycles. The Labute approximate surface area is 223 Å². The van der Waals surface area contributed by atoms with Crippen molar-refractivity contribution in [1.29, 1.82) is 0 Å². The number of ketones is 2. The summed E-state index contributed by atoms with van der Waals surface area (Å²) in [4.78, 5) is 45.4. The molecule has 1 amide bonds. The van der Waals surface area contributed by atoms with Gasteiger partial charge in [0.25, 0.3) is 5.91 Å². The van der Waals surface area contributed by atoms with Crippen molar-refractivity contribution in [2.45, 2.75) is 39.7 Å². The van der Waals surface area contributed by atoms with E-state index in [4.69, 9.17) is 9.15 Å². The van der Waals surface area contributed by atoms with Gasteiger partial charge < -0.3 is 14.3 Å². The van der Waals surface area contributed by atoms with Crippen molar-refractivity contribution in [3.05, 3.63) is 87.8 Å². The number of hydrogen-bond acceptors (Lipinski definition) is 8. The van der Waals surface area contributed by atoms with Crippen LogP contribution < -0.4 is 9.64 Å². The van der Waals surface area contributed by atoms with Crippen LogP contribution in [0.2, 0.25) is 0 Å². The second-order valence-corrected chi connectivity index (χ2v) is 10.0. The molecule has 1 unspecified atom stereocenters. The van der Waals surface area contributed by atoms with Crippen LogP contribution >= 0.6 is 11.3 Å². The number of hydrogen-bond donors (Lipinski definition) is 1. The van der Waals surface area contributed by atoms with E-state index in [2.05, 4.69) is 11.9 Å². The summed E-state index contributed by atoms with van der Waals surface area (Å²) in [6.45, 7) is 5.77. The highest BCUT2D eigenvalue weighted by molar-refractivity contribution is 7.17. The van der Waals surface area contributed by atoms with Gasteiger partial charge in [0.1, 0.15) is 11.3 Å². The van der Waals surface area contributed by atoms with E-state index in [1.54, 1.807) is 49.4 Å². The quantitative estimate of drug-likeness (QED) is 0.198. The van der Waals surface area contributed by atoms with Crippen LogP contribution in [0.15, 0.2) is 70.3 Å². The first-order valence-electron chi connectivity index (χ1n) is 12.3. The average molecular weight is 531 g/mol. The average Bonchev–Trinajstić information content (AvgIpc) is 3.58. The Morgan fingerprint density at radius 2 is 1.89 bits per heavy atom. The number of rotatable bonds is 9. The van der Waals surface area contributed by atoms with Gasteiger partial charge in [-0.15, -0.1) is 0 Å². The molecule has 38 heavy (non-hydrogen) atoms. The van der Waals surface area contributed by atoms with Gasteiger partial charge >= 0.3 is 0 Å². The van der Waals surface area contributed by atoms with Crippen molar-refractivity contribution in [3.8, 4) is 5.75 Å². The van der Waals surface area contributed by atoms with Gasteiger partial charge in [-0.3, -0.25) is 19.3 Å². The molecular weight excluding hydrogens is 504 g/mol. The van der Waals surface area contributed by atoms with Crippen LogP contribution in [-0.2, 0) is 4.79 Å². The predicted octanol–water partition coefficient (Wildman–Crippen LogP) is 6.36. The van der Waals surface area contributed by atoms with E-state index < -0.39 is 23.5 Å². The lowest BCUT2D eigenvalue weighted by Gasteiger charge is -2.24. The third-order valence-corrected chi connectivity index (χ3v) is 7.63. The van der Waals surface area contributed by atoms with E-state index in [9.17, 15) is 19.5 Å². The fourth-order valence-corrected chi connectivity index (χ4v) is 5.46. The molecule has 1 atom stereocenters. The lowest BCUT2D eigenvalue weighted by molar-refractivity contribution is -0.117. The molecule has 194 valence electrons.